The Morgan fingerprint density at radius 2 is 0.848 bits per heavy atom. The van der Waals surface area contributed by atoms with Gasteiger partial charge in [0.2, 0.25) is 0 Å². The molecule has 0 aliphatic carbocycles. The van der Waals surface area contributed by atoms with E-state index >= 15 is 0 Å². The molecular formula is C44H58S2. The van der Waals surface area contributed by atoms with Crippen molar-refractivity contribution in [2.24, 2.45) is 0 Å². The van der Waals surface area contributed by atoms with Crippen LogP contribution in [-0.4, -0.2) is 0 Å². The van der Waals surface area contributed by atoms with E-state index in [-0.39, 0.29) is 10.8 Å². The highest BCUT2D eigenvalue weighted by atomic mass is 32.1. The van der Waals surface area contributed by atoms with Crippen molar-refractivity contribution in [3.05, 3.63) is 104 Å². The SMILES string of the molecule is CCCCCCc1cc(-c2cc(CCCCCC)c(/C=C/c3ccc(C(C)(C)C)cc3)s2)sc1/C=C/c1ccc(C(C)(C)C)cc1. The van der Waals surface area contributed by atoms with Crippen molar-refractivity contribution in [3.63, 3.8) is 0 Å². The highest BCUT2D eigenvalue weighted by molar-refractivity contribution is 7.23. The number of rotatable bonds is 15. The van der Waals surface area contributed by atoms with Crippen LogP contribution in [-0.2, 0) is 23.7 Å². The molecule has 0 nitrogen and oxygen atoms in total. The Labute approximate surface area is 289 Å². The van der Waals surface area contributed by atoms with Crippen LogP contribution < -0.4 is 0 Å². The van der Waals surface area contributed by atoms with Crippen LogP contribution in [0, 0.1) is 0 Å². The molecule has 2 aromatic carbocycles. The number of thiophene rings is 2. The van der Waals surface area contributed by atoms with Gasteiger partial charge >= 0.3 is 0 Å². The van der Waals surface area contributed by atoms with E-state index in [9.17, 15) is 0 Å². The largest absolute Gasteiger partial charge is 0.135 e. The lowest BCUT2D eigenvalue weighted by Crippen LogP contribution is -2.10. The van der Waals surface area contributed by atoms with Crippen molar-refractivity contribution in [1.29, 1.82) is 0 Å². The molecule has 0 unspecified atom stereocenters. The summed E-state index contributed by atoms with van der Waals surface area (Å²) in [6.45, 7) is 18.3. The molecular weight excluding hydrogens is 593 g/mol. The first-order valence-corrected chi connectivity index (χ1v) is 19.4. The first-order chi connectivity index (χ1) is 22.0. The van der Waals surface area contributed by atoms with Gasteiger partial charge in [-0.15, -0.1) is 22.7 Å². The summed E-state index contributed by atoms with van der Waals surface area (Å²) in [7, 11) is 0. The fourth-order valence-corrected chi connectivity index (χ4v) is 8.12. The van der Waals surface area contributed by atoms with Gasteiger partial charge in [-0.1, -0.05) is 155 Å². The van der Waals surface area contributed by atoms with Crippen LogP contribution in [0.15, 0.2) is 60.7 Å². The zero-order valence-electron chi connectivity index (χ0n) is 30.0. The highest BCUT2D eigenvalue weighted by Gasteiger charge is 2.16. The van der Waals surface area contributed by atoms with Crippen LogP contribution >= 0.6 is 22.7 Å². The zero-order chi connectivity index (χ0) is 33.2. The summed E-state index contributed by atoms with van der Waals surface area (Å²) in [5, 5.41) is 0. The molecule has 4 aromatic rings. The second kappa shape index (κ2) is 16.9. The molecule has 4 rings (SSSR count). The third kappa shape index (κ3) is 10.7. The van der Waals surface area contributed by atoms with Crippen molar-refractivity contribution in [2.45, 2.75) is 130 Å². The summed E-state index contributed by atoms with van der Waals surface area (Å²) in [6, 6.07) is 23.2. The smallest absolute Gasteiger partial charge is 0.0452 e. The van der Waals surface area contributed by atoms with Crippen LogP contribution in [0.3, 0.4) is 0 Å². The monoisotopic (exact) mass is 650 g/mol. The predicted molar refractivity (Wildman–Crippen MR) is 211 cm³/mol. The van der Waals surface area contributed by atoms with Crippen LogP contribution in [0.2, 0.25) is 0 Å². The summed E-state index contributed by atoms with van der Waals surface area (Å²) in [5.41, 5.74) is 8.68. The fraction of sp³-hybridized carbons (Fsp3) is 0.455. The van der Waals surface area contributed by atoms with Gasteiger partial charge in [0.15, 0.2) is 0 Å². The van der Waals surface area contributed by atoms with Crippen LogP contribution in [0.5, 0.6) is 0 Å². The first kappa shape index (κ1) is 36.2. The average molecular weight is 651 g/mol. The number of benzene rings is 2. The summed E-state index contributed by atoms with van der Waals surface area (Å²) in [5.74, 6) is 0. The zero-order valence-corrected chi connectivity index (χ0v) is 31.6. The number of unbranched alkanes of at least 4 members (excludes halogenated alkanes) is 6. The second-order valence-electron chi connectivity index (χ2n) is 15.0. The highest BCUT2D eigenvalue weighted by Crippen LogP contribution is 2.40. The third-order valence-electron chi connectivity index (χ3n) is 8.93. The normalized spacial score (nSPS) is 12.6. The van der Waals surface area contributed by atoms with E-state index in [2.05, 4.69) is 140 Å². The summed E-state index contributed by atoms with van der Waals surface area (Å²) < 4.78 is 0. The Balaban J connectivity index is 1.63. The Kier molecular flexibility index (Phi) is 13.3. The van der Waals surface area contributed by atoms with E-state index in [0.29, 0.717) is 0 Å². The van der Waals surface area contributed by atoms with E-state index < -0.39 is 0 Å². The maximum absolute atomic E-state index is 2.50. The molecule has 0 radical (unpaired) electrons. The third-order valence-corrected chi connectivity index (χ3v) is 11.4. The van der Waals surface area contributed by atoms with Gasteiger partial charge in [-0.3, -0.25) is 0 Å². The molecule has 0 bridgehead atoms. The predicted octanol–water partition coefficient (Wildman–Crippen LogP) is 14.7. The first-order valence-electron chi connectivity index (χ1n) is 17.8. The maximum Gasteiger partial charge on any atom is 0.0452 e. The van der Waals surface area contributed by atoms with Gasteiger partial charge < -0.3 is 0 Å². The Bertz CT molecular complexity index is 1420. The van der Waals surface area contributed by atoms with E-state index in [1.54, 1.807) is 0 Å². The van der Waals surface area contributed by atoms with Gasteiger partial charge in [0.05, 0.1) is 0 Å². The fourth-order valence-electron chi connectivity index (χ4n) is 5.82. The molecule has 0 N–H and O–H groups in total. The molecule has 46 heavy (non-hydrogen) atoms. The minimum absolute atomic E-state index is 0.178. The molecule has 0 fully saturated rings. The van der Waals surface area contributed by atoms with Crippen LogP contribution in [0.25, 0.3) is 34.1 Å². The van der Waals surface area contributed by atoms with Gasteiger partial charge in [-0.05, 0) is 94.2 Å². The molecule has 246 valence electrons. The van der Waals surface area contributed by atoms with Gasteiger partial charge in [-0.2, -0.15) is 0 Å². The lowest BCUT2D eigenvalue weighted by atomic mass is 9.87. The minimum atomic E-state index is 0.178. The Morgan fingerprint density at radius 1 is 0.478 bits per heavy atom. The molecule has 0 saturated heterocycles. The van der Waals surface area contributed by atoms with E-state index in [4.69, 9.17) is 0 Å². The average Bonchev–Trinajstić information content (AvgIpc) is 3.62. The second-order valence-corrected chi connectivity index (χ2v) is 17.2. The summed E-state index contributed by atoms with van der Waals surface area (Å²) in [4.78, 5) is 5.67. The molecule has 0 amide bonds. The standard InChI is InChI=1S/C44H58S2/c1-9-11-13-15-17-35-31-41(45-39(35)29-23-33-19-25-37(26-20-33)43(3,4)5)42-32-36(18-16-14-12-10-2)40(46-42)30-24-34-21-27-38(28-22-34)44(6,7)8/h19-32H,9-18H2,1-8H3/b29-23+,30-24+. The van der Waals surface area contributed by atoms with Crippen LogP contribution in [0.4, 0.5) is 0 Å². The number of aryl methyl sites for hydroxylation is 2. The Hall–Kier alpha value is -2.68. The van der Waals surface area contributed by atoms with Crippen LogP contribution in [0.1, 0.15) is 150 Å². The summed E-state index contributed by atoms with van der Waals surface area (Å²) >= 11 is 3.95. The molecule has 0 atom stereocenters. The van der Waals surface area contributed by atoms with E-state index in [0.717, 1.165) is 12.8 Å². The molecule has 2 aromatic heterocycles. The molecule has 0 aliphatic rings. The molecule has 0 saturated carbocycles. The minimum Gasteiger partial charge on any atom is -0.135 e. The number of hydrogen-bond acceptors (Lipinski definition) is 2. The number of hydrogen-bond donors (Lipinski definition) is 0. The molecule has 0 spiro atoms. The van der Waals surface area contributed by atoms with Crippen molar-refractivity contribution >= 4 is 47.0 Å². The lowest BCUT2D eigenvalue weighted by molar-refractivity contribution is 0.590. The quantitative estimate of drug-likeness (QED) is 0.112. The van der Waals surface area contributed by atoms with E-state index in [1.807, 2.05) is 22.7 Å². The summed E-state index contributed by atoms with van der Waals surface area (Å²) in [6.07, 6.45) is 22.0. The van der Waals surface area contributed by atoms with Crippen molar-refractivity contribution in [3.8, 4) is 9.75 Å². The topological polar surface area (TPSA) is 0 Å². The molecule has 2 heteroatoms. The molecule has 2 heterocycles. The van der Waals surface area contributed by atoms with Gasteiger partial charge in [0.25, 0.3) is 0 Å². The van der Waals surface area contributed by atoms with Gasteiger partial charge in [0.1, 0.15) is 0 Å². The lowest BCUT2D eigenvalue weighted by Gasteiger charge is -2.18. The van der Waals surface area contributed by atoms with Crippen molar-refractivity contribution in [2.75, 3.05) is 0 Å². The van der Waals surface area contributed by atoms with Gasteiger partial charge in [0, 0.05) is 19.5 Å². The van der Waals surface area contributed by atoms with E-state index in [1.165, 1.54) is 104 Å². The van der Waals surface area contributed by atoms with Crippen molar-refractivity contribution < 1.29 is 0 Å². The molecule has 0 aliphatic heterocycles. The maximum atomic E-state index is 2.50. The Morgan fingerprint density at radius 3 is 1.17 bits per heavy atom. The van der Waals surface area contributed by atoms with Crippen molar-refractivity contribution in [1.82, 2.24) is 0 Å². The van der Waals surface area contributed by atoms with Gasteiger partial charge in [-0.25, -0.2) is 0 Å².